The van der Waals surface area contributed by atoms with Crippen molar-refractivity contribution >= 4 is 11.3 Å². The van der Waals surface area contributed by atoms with Crippen LogP contribution in [0, 0.1) is 12.3 Å². The Balaban J connectivity index is 1.87. The molecule has 2 rings (SSSR count). The molecule has 0 unspecified atom stereocenters. The first-order valence-corrected chi connectivity index (χ1v) is 6.67. The zero-order valence-electron chi connectivity index (χ0n) is 9.72. The molecule has 3 heteroatoms. The van der Waals surface area contributed by atoms with Crippen molar-refractivity contribution in [2.75, 3.05) is 32.7 Å². The van der Waals surface area contributed by atoms with Crippen LogP contribution >= 0.6 is 11.3 Å². The minimum atomic E-state index is 0.541. The lowest BCUT2D eigenvalue weighted by Crippen LogP contribution is -2.47. The van der Waals surface area contributed by atoms with E-state index in [0.717, 1.165) is 32.7 Å². The van der Waals surface area contributed by atoms with Gasteiger partial charge in [0, 0.05) is 32.2 Å². The molecule has 86 valence electrons. The molecular weight excluding hydrogens is 216 g/mol. The lowest BCUT2D eigenvalue weighted by Gasteiger charge is -2.37. The van der Waals surface area contributed by atoms with Gasteiger partial charge in [-0.05, 0) is 29.3 Å². The maximum Gasteiger partial charge on any atom is 0.0599 e. The minimum Gasteiger partial charge on any atom is -0.294 e. The summed E-state index contributed by atoms with van der Waals surface area (Å²) in [5.41, 5.74) is 1.44. The zero-order chi connectivity index (χ0) is 11.4. The molecule has 2 heterocycles. The van der Waals surface area contributed by atoms with E-state index in [0.29, 0.717) is 6.04 Å². The highest BCUT2D eigenvalue weighted by molar-refractivity contribution is 7.07. The monoisotopic (exact) mass is 234 g/mol. The Kier molecular flexibility index (Phi) is 4.00. The molecule has 2 nitrogen and oxygen atoms in total. The standard InChI is InChI=1S/C13H18N2S/c1-3-5-14-6-8-15(9-7-14)12(2)13-4-10-16-11-13/h1,4,10-12H,5-9H2,2H3/t12-/m0/s1. The molecule has 0 N–H and O–H groups in total. The predicted octanol–water partition coefficient (Wildman–Crippen LogP) is 2.06. The van der Waals surface area contributed by atoms with Crippen LogP contribution in [0.5, 0.6) is 0 Å². The smallest absolute Gasteiger partial charge is 0.0599 e. The lowest BCUT2D eigenvalue weighted by molar-refractivity contribution is 0.111. The fourth-order valence-corrected chi connectivity index (χ4v) is 2.91. The van der Waals surface area contributed by atoms with Gasteiger partial charge in [0.1, 0.15) is 0 Å². The topological polar surface area (TPSA) is 6.48 Å². The highest BCUT2D eigenvalue weighted by atomic mass is 32.1. The van der Waals surface area contributed by atoms with Gasteiger partial charge in [-0.3, -0.25) is 9.80 Å². The SMILES string of the molecule is C#CCN1CCN([C@@H](C)c2ccsc2)CC1. The molecule has 0 aromatic carbocycles. The third-order valence-corrected chi connectivity index (χ3v) is 4.00. The van der Waals surface area contributed by atoms with Crippen LogP contribution in [0.25, 0.3) is 0 Å². The molecule has 1 saturated heterocycles. The first-order chi connectivity index (χ1) is 7.81. The van der Waals surface area contributed by atoms with E-state index in [1.54, 1.807) is 11.3 Å². The minimum absolute atomic E-state index is 0.541. The van der Waals surface area contributed by atoms with Crippen LogP contribution in [0.1, 0.15) is 18.5 Å². The average Bonchev–Trinajstić information content (AvgIpc) is 2.83. The molecule has 16 heavy (non-hydrogen) atoms. The Hall–Kier alpha value is -0.820. The number of thiophene rings is 1. The summed E-state index contributed by atoms with van der Waals surface area (Å²) < 4.78 is 0. The van der Waals surface area contributed by atoms with E-state index in [2.05, 4.69) is 39.5 Å². The van der Waals surface area contributed by atoms with Crippen LogP contribution in [0.3, 0.4) is 0 Å². The summed E-state index contributed by atoms with van der Waals surface area (Å²) in [7, 11) is 0. The Morgan fingerprint density at radius 2 is 2.19 bits per heavy atom. The van der Waals surface area contributed by atoms with E-state index in [4.69, 9.17) is 6.42 Å². The highest BCUT2D eigenvalue weighted by Gasteiger charge is 2.21. The van der Waals surface area contributed by atoms with Crippen molar-refractivity contribution in [3.05, 3.63) is 22.4 Å². The molecule has 1 fully saturated rings. The summed E-state index contributed by atoms with van der Waals surface area (Å²) >= 11 is 1.78. The Labute approximate surface area is 102 Å². The van der Waals surface area contributed by atoms with Crippen molar-refractivity contribution in [3.8, 4) is 12.3 Å². The van der Waals surface area contributed by atoms with E-state index < -0.39 is 0 Å². The van der Waals surface area contributed by atoms with Gasteiger partial charge in [0.25, 0.3) is 0 Å². The quantitative estimate of drug-likeness (QED) is 0.739. The first kappa shape index (κ1) is 11.7. The number of rotatable bonds is 3. The van der Waals surface area contributed by atoms with Gasteiger partial charge in [-0.15, -0.1) is 6.42 Å². The number of piperazine rings is 1. The molecule has 0 bridgehead atoms. The maximum atomic E-state index is 5.33. The lowest BCUT2D eigenvalue weighted by atomic mass is 10.1. The molecular formula is C13H18N2S. The molecule has 1 aliphatic rings. The number of hydrogen-bond acceptors (Lipinski definition) is 3. The largest absolute Gasteiger partial charge is 0.294 e. The van der Waals surface area contributed by atoms with Gasteiger partial charge in [0.2, 0.25) is 0 Å². The molecule has 0 amide bonds. The van der Waals surface area contributed by atoms with E-state index in [9.17, 15) is 0 Å². The Bertz CT molecular complexity index is 345. The predicted molar refractivity (Wildman–Crippen MR) is 69.6 cm³/mol. The van der Waals surface area contributed by atoms with Gasteiger partial charge >= 0.3 is 0 Å². The van der Waals surface area contributed by atoms with E-state index in [-0.39, 0.29) is 0 Å². The van der Waals surface area contributed by atoms with Crippen molar-refractivity contribution < 1.29 is 0 Å². The molecule has 1 atom stereocenters. The van der Waals surface area contributed by atoms with Crippen LogP contribution in [-0.4, -0.2) is 42.5 Å². The van der Waals surface area contributed by atoms with Crippen molar-refractivity contribution in [2.45, 2.75) is 13.0 Å². The van der Waals surface area contributed by atoms with Crippen LogP contribution in [0.15, 0.2) is 16.8 Å². The van der Waals surface area contributed by atoms with E-state index in [1.165, 1.54) is 5.56 Å². The van der Waals surface area contributed by atoms with Crippen LogP contribution < -0.4 is 0 Å². The number of terminal acetylenes is 1. The molecule has 1 aliphatic heterocycles. The van der Waals surface area contributed by atoms with Crippen LogP contribution in [-0.2, 0) is 0 Å². The summed E-state index contributed by atoms with van der Waals surface area (Å²) in [6.07, 6.45) is 5.33. The van der Waals surface area contributed by atoms with Gasteiger partial charge in [0.05, 0.1) is 6.54 Å². The van der Waals surface area contributed by atoms with Gasteiger partial charge in [-0.2, -0.15) is 11.3 Å². The molecule has 1 aromatic heterocycles. The summed E-state index contributed by atoms with van der Waals surface area (Å²) in [6, 6.07) is 2.77. The fourth-order valence-electron chi connectivity index (χ4n) is 2.16. The maximum absolute atomic E-state index is 5.33. The number of nitrogens with zero attached hydrogens (tertiary/aromatic N) is 2. The summed E-state index contributed by atoms with van der Waals surface area (Å²) in [5.74, 6) is 2.72. The highest BCUT2D eigenvalue weighted by Crippen LogP contribution is 2.23. The molecule has 0 radical (unpaired) electrons. The molecule has 0 spiro atoms. The van der Waals surface area contributed by atoms with Crippen molar-refractivity contribution in [3.63, 3.8) is 0 Å². The van der Waals surface area contributed by atoms with Crippen molar-refractivity contribution in [1.29, 1.82) is 0 Å². The number of hydrogen-bond donors (Lipinski definition) is 0. The zero-order valence-corrected chi connectivity index (χ0v) is 10.5. The van der Waals surface area contributed by atoms with Crippen molar-refractivity contribution in [2.24, 2.45) is 0 Å². The fraction of sp³-hybridized carbons (Fsp3) is 0.538. The van der Waals surface area contributed by atoms with E-state index in [1.807, 2.05) is 0 Å². The Morgan fingerprint density at radius 1 is 1.44 bits per heavy atom. The van der Waals surface area contributed by atoms with Crippen molar-refractivity contribution in [1.82, 2.24) is 9.80 Å². The van der Waals surface area contributed by atoms with Crippen LogP contribution in [0.2, 0.25) is 0 Å². The first-order valence-electron chi connectivity index (χ1n) is 5.73. The second-order valence-corrected chi connectivity index (χ2v) is 5.03. The Morgan fingerprint density at radius 3 is 2.75 bits per heavy atom. The second kappa shape index (κ2) is 5.49. The summed E-state index contributed by atoms with van der Waals surface area (Å²) in [5, 5.41) is 4.40. The van der Waals surface area contributed by atoms with Gasteiger partial charge in [-0.1, -0.05) is 5.92 Å². The normalized spacial score (nSPS) is 20.5. The third-order valence-electron chi connectivity index (χ3n) is 3.30. The average molecular weight is 234 g/mol. The molecule has 1 aromatic rings. The second-order valence-electron chi connectivity index (χ2n) is 4.25. The van der Waals surface area contributed by atoms with Gasteiger partial charge in [0.15, 0.2) is 0 Å². The molecule has 0 aliphatic carbocycles. The van der Waals surface area contributed by atoms with Crippen LogP contribution in [0.4, 0.5) is 0 Å². The summed E-state index contributed by atoms with van der Waals surface area (Å²) in [4.78, 5) is 4.88. The summed E-state index contributed by atoms with van der Waals surface area (Å²) in [6.45, 7) is 7.52. The molecule has 0 saturated carbocycles. The van der Waals surface area contributed by atoms with Gasteiger partial charge in [-0.25, -0.2) is 0 Å². The van der Waals surface area contributed by atoms with E-state index >= 15 is 0 Å². The third kappa shape index (κ3) is 2.65. The van der Waals surface area contributed by atoms with Gasteiger partial charge < -0.3 is 0 Å².